The van der Waals surface area contributed by atoms with Crippen molar-refractivity contribution in [1.82, 2.24) is 0 Å². The topological polar surface area (TPSA) is 99.7 Å². The quantitative estimate of drug-likeness (QED) is 0.425. The zero-order chi connectivity index (χ0) is 17.8. The first-order valence-corrected chi connectivity index (χ1v) is 8.00. The minimum atomic E-state index is 0.0812. The molecule has 0 saturated heterocycles. The van der Waals surface area contributed by atoms with Crippen molar-refractivity contribution in [3.63, 3.8) is 0 Å². The number of hydrogen-bond acceptors (Lipinski definition) is 2. The van der Waals surface area contributed by atoms with Crippen LogP contribution < -0.4 is 11.5 Å². The molecule has 0 unspecified atom stereocenters. The lowest BCUT2D eigenvalue weighted by molar-refractivity contribution is 1.19. The molecule has 6 N–H and O–H groups in total. The van der Waals surface area contributed by atoms with Crippen LogP contribution in [0.1, 0.15) is 22.3 Å². The Bertz CT molecular complexity index is 892. The van der Waals surface area contributed by atoms with Crippen molar-refractivity contribution >= 4 is 11.7 Å². The number of benzene rings is 3. The van der Waals surface area contributed by atoms with Gasteiger partial charge in [-0.3, -0.25) is 10.8 Å². The summed E-state index contributed by atoms with van der Waals surface area (Å²) in [5.41, 5.74) is 17.1. The zero-order valence-electron chi connectivity index (χ0n) is 13.8. The summed E-state index contributed by atoms with van der Waals surface area (Å²) in [6, 6.07) is 23.9. The molecule has 0 aliphatic rings. The lowest BCUT2D eigenvalue weighted by atomic mass is 9.99. The molecule has 124 valence electrons. The van der Waals surface area contributed by atoms with Crippen LogP contribution in [0.4, 0.5) is 0 Å². The van der Waals surface area contributed by atoms with Gasteiger partial charge in [0.15, 0.2) is 0 Å². The lowest BCUT2D eigenvalue weighted by Gasteiger charge is -2.07. The molecule has 0 aromatic heterocycles. The van der Waals surface area contributed by atoms with E-state index in [0.717, 1.165) is 28.7 Å². The second-order valence-corrected chi connectivity index (χ2v) is 5.98. The van der Waals surface area contributed by atoms with Gasteiger partial charge in [-0.25, -0.2) is 0 Å². The van der Waals surface area contributed by atoms with E-state index in [9.17, 15) is 0 Å². The van der Waals surface area contributed by atoms with Gasteiger partial charge in [0.25, 0.3) is 0 Å². The maximum atomic E-state index is 7.44. The van der Waals surface area contributed by atoms with E-state index in [1.165, 1.54) is 11.1 Å². The molecule has 3 rings (SSSR count). The molecule has 0 aliphatic carbocycles. The Morgan fingerprint density at radius 2 is 0.880 bits per heavy atom. The fraction of sp³-hybridized carbons (Fsp3) is 0.0476. The second-order valence-electron chi connectivity index (χ2n) is 5.98. The van der Waals surface area contributed by atoms with Gasteiger partial charge in [-0.15, -0.1) is 0 Å². The summed E-state index contributed by atoms with van der Waals surface area (Å²) in [7, 11) is 0. The molecule has 25 heavy (non-hydrogen) atoms. The second kappa shape index (κ2) is 7.01. The summed E-state index contributed by atoms with van der Waals surface area (Å²) in [6.45, 7) is 0. The van der Waals surface area contributed by atoms with Gasteiger partial charge >= 0.3 is 0 Å². The Hall–Kier alpha value is -3.40. The smallest absolute Gasteiger partial charge is 0.122 e. The molecule has 3 aromatic rings. The van der Waals surface area contributed by atoms with Crippen molar-refractivity contribution in [3.8, 4) is 11.1 Å². The van der Waals surface area contributed by atoms with Crippen molar-refractivity contribution < 1.29 is 0 Å². The van der Waals surface area contributed by atoms with Crippen molar-refractivity contribution in [3.05, 3.63) is 95.1 Å². The van der Waals surface area contributed by atoms with E-state index in [2.05, 4.69) is 24.3 Å². The molecule has 0 saturated carbocycles. The van der Waals surface area contributed by atoms with Crippen molar-refractivity contribution in [1.29, 1.82) is 10.8 Å². The van der Waals surface area contributed by atoms with Gasteiger partial charge in [-0.05, 0) is 28.7 Å². The number of nitrogen functional groups attached to an aromatic ring is 2. The van der Waals surface area contributed by atoms with Crippen LogP contribution in [-0.2, 0) is 6.42 Å². The van der Waals surface area contributed by atoms with E-state index in [0.29, 0.717) is 0 Å². The van der Waals surface area contributed by atoms with Crippen molar-refractivity contribution in [2.24, 2.45) is 11.5 Å². The highest BCUT2D eigenvalue weighted by molar-refractivity contribution is 5.95. The molecule has 4 nitrogen and oxygen atoms in total. The first-order valence-electron chi connectivity index (χ1n) is 8.00. The largest absolute Gasteiger partial charge is 0.384 e. The average molecular weight is 328 g/mol. The summed E-state index contributed by atoms with van der Waals surface area (Å²) in [4.78, 5) is 0. The van der Waals surface area contributed by atoms with Gasteiger partial charge in [0.05, 0.1) is 0 Å². The molecule has 0 amide bonds. The minimum absolute atomic E-state index is 0.0812. The Kier molecular flexibility index (Phi) is 4.61. The lowest BCUT2D eigenvalue weighted by Crippen LogP contribution is -2.10. The fourth-order valence-electron chi connectivity index (χ4n) is 2.70. The number of hydrogen-bond donors (Lipinski definition) is 4. The molecule has 4 heteroatoms. The van der Waals surface area contributed by atoms with Crippen LogP contribution in [0.5, 0.6) is 0 Å². The normalized spacial score (nSPS) is 10.4. The third-order valence-electron chi connectivity index (χ3n) is 4.16. The highest BCUT2D eigenvalue weighted by Crippen LogP contribution is 2.21. The molecule has 0 bridgehead atoms. The van der Waals surface area contributed by atoms with Crippen LogP contribution in [0, 0.1) is 10.8 Å². The van der Waals surface area contributed by atoms with E-state index in [4.69, 9.17) is 22.3 Å². The van der Waals surface area contributed by atoms with Crippen molar-refractivity contribution in [2.45, 2.75) is 6.42 Å². The molecule has 0 atom stereocenters. The van der Waals surface area contributed by atoms with Gasteiger partial charge in [0, 0.05) is 11.1 Å². The van der Waals surface area contributed by atoms with Crippen LogP contribution in [0.15, 0.2) is 72.8 Å². The molecular formula is C21H20N4. The molecule has 0 aliphatic heterocycles. The van der Waals surface area contributed by atoms with Gasteiger partial charge in [0.2, 0.25) is 0 Å². The average Bonchev–Trinajstić information content (AvgIpc) is 2.63. The number of rotatable bonds is 5. The zero-order valence-corrected chi connectivity index (χ0v) is 13.8. The number of nitrogens with two attached hydrogens (primary N) is 2. The monoisotopic (exact) mass is 328 g/mol. The van der Waals surface area contributed by atoms with Gasteiger partial charge < -0.3 is 11.5 Å². The summed E-state index contributed by atoms with van der Waals surface area (Å²) < 4.78 is 0. The van der Waals surface area contributed by atoms with Crippen LogP contribution in [-0.4, -0.2) is 11.7 Å². The maximum Gasteiger partial charge on any atom is 0.122 e. The molecule has 0 radical (unpaired) electrons. The number of nitrogens with one attached hydrogen (secondary N) is 2. The molecule has 0 spiro atoms. The molecule has 0 heterocycles. The Balaban J connectivity index is 1.73. The Morgan fingerprint density at radius 1 is 0.560 bits per heavy atom. The third kappa shape index (κ3) is 3.93. The Labute approximate surface area is 147 Å². The number of amidine groups is 2. The summed E-state index contributed by atoms with van der Waals surface area (Å²) in [5, 5.41) is 14.9. The summed E-state index contributed by atoms with van der Waals surface area (Å²) in [5.74, 6) is 0.171. The Morgan fingerprint density at radius 3 is 1.28 bits per heavy atom. The van der Waals surface area contributed by atoms with Gasteiger partial charge in [0.1, 0.15) is 11.7 Å². The van der Waals surface area contributed by atoms with Crippen LogP contribution >= 0.6 is 0 Å². The first kappa shape index (κ1) is 16.5. The van der Waals surface area contributed by atoms with E-state index in [1.807, 2.05) is 48.5 Å². The van der Waals surface area contributed by atoms with E-state index in [1.54, 1.807) is 0 Å². The minimum Gasteiger partial charge on any atom is -0.384 e. The standard InChI is InChI=1S/C21H20N4/c22-20(23)18-7-3-15(4-8-18)13-14-1-5-16(6-2-14)17-9-11-19(12-10-17)21(24)25/h1-12H,13H2,(H3,22,23)(H3,24,25). The van der Waals surface area contributed by atoms with E-state index < -0.39 is 0 Å². The van der Waals surface area contributed by atoms with Crippen molar-refractivity contribution in [2.75, 3.05) is 0 Å². The first-order chi connectivity index (χ1) is 12.0. The predicted molar refractivity (Wildman–Crippen MR) is 103 cm³/mol. The molecule has 0 fully saturated rings. The molecule has 3 aromatic carbocycles. The highest BCUT2D eigenvalue weighted by atomic mass is 14.7. The highest BCUT2D eigenvalue weighted by Gasteiger charge is 2.02. The van der Waals surface area contributed by atoms with Crippen LogP contribution in [0.3, 0.4) is 0 Å². The maximum absolute atomic E-state index is 7.44. The third-order valence-corrected chi connectivity index (χ3v) is 4.16. The van der Waals surface area contributed by atoms with Crippen LogP contribution in [0.2, 0.25) is 0 Å². The summed E-state index contributed by atoms with van der Waals surface area (Å²) in [6.07, 6.45) is 0.835. The van der Waals surface area contributed by atoms with Gasteiger partial charge in [-0.2, -0.15) is 0 Å². The fourth-order valence-corrected chi connectivity index (χ4v) is 2.70. The van der Waals surface area contributed by atoms with Gasteiger partial charge in [-0.1, -0.05) is 72.8 Å². The SMILES string of the molecule is N=C(N)c1ccc(Cc2ccc(-c3ccc(C(=N)N)cc3)cc2)cc1. The predicted octanol–water partition coefficient (Wildman–Crippen LogP) is 3.51. The van der Waals surface area contributed by atoms with E-state index in [-0.39, 0.29) is 11.7 Å². The van der Waals surface area contributed by atoms with Crippen LogP contribution in [0.25, 0.3) is 11.1 Å². The van der Waals surface area contributed by atoms with E-state index >= 15 is 0 Å². The summed E-state index contributed by atoms with van der Waals surface area (Å²) >= 11 is 0. The molecular weight excluding hydrogens is 308 g/mol.